The molecule has 0 aliphatic carbocycles. The first-order chi connectivity index (χ1) is 7.19. The van der Waals surface area contributed by atoms with Crippen LogP contribution in [0.15, 0.2) is 37.7 Å². The Morgan fingerprint density at radius 2 is 1.73 bits per heavy atom. The fourth-order valence-corrected chi connectivity index (χ4v) is 1.44. The van der Waals surface area contributed by atoms with Gasteiger partial charge in [-0.1, -0.05) is 12.2 Å². The van der Waals surface area contributed by atoms with E-state index in [1.165, 1.54) is 0 Å². The lowest BCUT2D eigenvalue weighted by atomic mass is 10.4. The predicted octanol–water partition coefficient (Wildman–Crippen LogP) is 0.235. The number of carbonyl (C=O) groups is 1. The molecule has 4 heteroatoms. The topological polar surface area (TPSA) is 50.0 Å². The van der Waals surface area contributed by atoms with Gasteiger partial charge in [-0.05, 0) is 0 Å². The van der Waals surface area contributed by atoms with E-state index in [4.69, 9.17) is 0 Å². The monoisotopic (exact) mass is 206 g/mol. The SMILES string of the molecule is C=CCn1ccn(CC=C)[c+]1CC(=O)[O-]. The standard InChI is InChI=1S/C11H14N2O2/c1-3-5-12-7-8-13(6-4-2)10(12)9-11(14)15/h3-4,7-8H,1-2,5-6,9H2. The van der Waals surface area contributed by atoms with Crippen molar-refractivity contribution >= 4 is 5.97 Å². The zero-order valence-corrected chi connectivity index (χ0v) is 8.56. The van der Waals surface area contributed by atoms with Crippen molar-refractivity contribution in [1.82, 2.24) is 9.13 Å². The molecule has 0 aliphatic rings. The maximum Gasteiger partial charge on any atom is 0.195 e. The second kappa shape index (κ2) is 5.14. The Morgan fingerprint density at radius 1 is 1.27 bits per heavy atom. The summed E-state index contributed by atoms with van der Waals surface area (Å²) in [6.07, 6.45) is 6.98. The van der Waals surface area contributed by atoms with Crippen molar-refractivity contribution < 1.29 is 9.90 Å². The summed E-state index contributed by atoms with van der Waals surface area (Å²) in [5, 5.41) is 10.6. The van der Waals surface area contributed by atoms with Crippen molar-refractivity contribution in [2.24, 2.45) is 0 Å². The van der Waals surface area contributed by atoms with Gasteiger partial charge in [-0.2, -0.15) is 0 Å². The lowest BCUT2D eigenvalue weighted by molar-refractivity contribution is -0.304. The molecule has 0 atom stereocenters. The third-order valence-corrected chi connectivity index (χ3v) is 2.04. The van der Waals surface area contributed by atoms with Crippen LogP contribution in [0.5, 0.6) is 0 Å². The van der Waals surface area contributed by atoms with Crippen molar-refractivity contribution in [3.63, 3.8) is 0 Å². The van der Waals surface area contributed by atoms with Gasteiger partial charge in [-0.15, -0.1) is 13.2 Å². The van der Waals surface area contributed by atoms with Gasteiger partial charge in [-0.3, -0.25) is 0 Å². The Hall–Kier alpha value is -1.84. The first kappa shape index (κ1) is 11.2. The van der Waals surface area contributed by atoms with E-state index in [0.29, 0.717) is 18.9 Å². The summed E-state index contributed by atoms with van der Waals surface area (Å²) in [5.41, 5.74) is 0. The number of carboxylic acids is 1. The van der Waals surface area contributed by atoms with Gasteiger partial charge >= 0.3 is 0 Å². The highest BCUT2D eigenvalue weighted by Gasteiger charge is 2.13. The lowest BCUT2D eigenvalue weighted by Crippen LogP contribution is -2.27. The second-order valence-corrected chi connectivity index (χ2v) is 3.15. The smallest absolute Gasteiger partial charge is 0.195 e. The molecule has 1 heterocycles. The number of carbonyl (C=O) groups excluding carboxylic acids is 1. The van der Waals surface area contributed by atoms with E-state index in [0.717, 1.165) is 0 Å². The van der Waals surface area contributed by atoms with E-state index in [2.05, 4.69) is 13.2 Å². The van der Waals surface area contributed by atoms with E-state index in [9.17, 15) is 9.90 Å². The Kier molecular flexibility index (Phi) is 3.85. The minimum absolute atomic E-state index is 0.103. The minimum Gasteiger partial charge on any atom is -0.548 e. The number of hydrogen-bond acceptors (Lipinski definition) is 2. The Morgan fingerprint density at radius 3 is 2.07 bits per heavy atom. The molecule has 1 rings (SSSR count). The molecule has 4 nitrogen and oxygen atoms in total. The molecule has 0 saturated carbocycles. The summed E-state index contributed by atoms with van der Waals surface area (Å²) in [4.78, 5) is 10.6. The van der Waals surface area contributed by atoms with Crippen LogP contribution in [0, 0.1) is 0 Å². The fourth-order valence-electron chi connectivity index (χ4n) is 1.44. The van der Waals surface area contributed by atoms with Gasteiger partial charge in [0.25, 0.3) is 0 Å². The zero-order chi connectivity index (χ0) is 11.3. The molecule has 0 amide bonds. The Labute approximate surface area is 88.8 Å². The maximum absolute atomic E-state index is 10.6. The van der Waals surface area contributed by atoms with Crippen LogP contribution in [-0.4, -0.2) is 15.1 Å². The largest absolute Gasteiger partial charge is 0.548 e. The zero-order valence-electron chi connectivity index (χ0n) is 8.56. The molecule has 0 fully saturated rings. The summed E-state index contributed by atoms with van der Waals surface area (Å²) in [6.45, 7) is 8.42. The van der Waals surface area contributed by atoms with Gasteiger partial charge in [0.2, 0.25) is 0 Å². The van der Waals surface area contributed by atoms with Gasteiger partial charge < -0.3 is 9.90 Å². The molecule has 1 aromatic rings. The van der Waals surface area contributed by atoms with Crippen molar-refractivity contribution in [3.05, 3.63) is 43.5 Å². The Bertz CT molecular complexity index is 352. The van der Waals surface area contributed by atoms with Crippen LogP contribution < -0.4 is 5.11 Å². The van der Waals surface area contributed by atoms with Crippen LogP contribution >= 0.6 is 0 Å². The van der Waals surface area contributed by atoms with E-state index in [-0.39, 0.29) is 6.42 Å². The minimum atomic E-state index is -1.09. The number of carboxylic acid groups (broad SMARTS) is 1. The molecule has 0 spiro atoms. The first-order valence-electron chi connectivity index (χ1n) is 4.68. The molecule has 0 saturated heterocycles. The average Bonchev–Trinajstić information content (AvgIpc) is 2.51. The van der Waals surface area contributed by atoms with Crippen LogP contribution in [-0.2, 0) is 24.3 Å². The Balaban J connectivity index is 3.00. The number of allylic oxidation sites excluding steroid dienone is 2. The van der Waals surface area contributed by atoms with Crippen molar-refractivity contribution in [2.45, 2.75) is 19.5 Å². The van der Waals surface area contributed by atoms with Gasteiger partial charge in [0, 0.05) is 0 Å². The second-order valence-electron chi connectivity index (χ2n) is 3.15. The van der Waals surface area contributed by atoms with Crippen molar-refractivity contribution in [1.29, 1.82) is 0 Å². The lowest BCUT2D eigenvalue weighted by Gasteiger charge is -2.04. The molecule has 0 N–H and O–H groups in total. The molecule has 0 unspecified atom stereocenters. The van der Waals surface area contributed by atoms with Crippen LogP contribution in [0.4, 0.5) is 0 Å². The van der Waals surface area contributed by atoms with Gasteiger partial charge in [0.05, 0.1) is 25.5 Å². The third-order valence-electron chi connectivity index (χ3n) is 2.04. The highest BCUT2D eigenvalue weighted by molar-refractivity contribution is 5.66. The predicted molar refractivity (Wildman–Crippen MR) is 55.9 cm³/mol. The molecule has 15 heavy (non-hydrogen) atoms. The number of nitrogens with zero attached hydrogens (tertiary/aromatic N) is 2. The summed E-state index contributed by atoms with van der Waals surface area (Å²) < 4.78 is 3.65. The van der Waals surface area contributed by atoms with Crippen LogP contribution in [0.3, 0.4) is 0 Å². The van der Waals surface area contributed by atoms with Crippen LogP contribution in [0.1, 0.15) is 5.82 Å². The molecule has 1 aromatic heterocycles. The van der Waals surface area contributed by atoms with Gasteiger partial charge in [0.15, 0.2) is 18.2 Å². The number of hydrogen-bond donors (Lipinski definition) is 0. The van der Waals surface area contributed by atoms with E-state index >= 15 is 0 Å². The summed E-state index contributed by atoms with van der Waals surface area (Å²) in [6, 6.07) is 0. The third kappa shape index (κ3) is 2.80. The van der Waals surface area contributed by atoms with E-state index < -0.39 is 5.97 Å². The number of aliphatic carboxylic acids is 1. The van der Waals surface area contributed by atoms with Crippen molar-refractivity contribution in [2.75, 3.05) is 0 Å². The quantitative estimate of drug-likeness (QED) is 0.494. The molecular formula is C11H14N2O2. The van der Waals surface area contributed by atoms with E-state index in [1.54, 1.807) is 12.2 Å². The van der Waals surface area contributed by atoms with Gasteiger partial charge in [0.1, 0.15) is 0 Å². The normalized spacial score (nSPS) is 9.87. The van der Waals surface area contributed by atoms with Crippen molar-refractivity contribution in [3.8, 4) is 0 Å². The number of imidazole rings is 1. The molecule has 0 radical (unpaired) electrons. The first-order valence-corrected chi connectivity index (χ1v) is 4.68. The molecular weight excluding hydrogens is 192 g/mol. The maximum atomic E-state index is 10.6. The van der Waals surface area contributed by atoms with Crippen LogP contribution in [0.2, 0.25) is 0 Å². The van der Waals surface area contributed by atoms with Crippen LogP contribution in [0.25, 0.3) is 0 Å². The number of aromatic nitrogens is 2. The van der Waals surface area contributed by atoms with E-state index in [1.807, 2.05) is 21.5 Å². The summed E-state index contributed by atoms with van der Waals surface area (Å²) in [7, 11) is 0. The average molecular weight is 206 g/mol. The fraction of sp³-hybridized carbons (Fsp3) is 0.273. The molecule has 0 aliphatic heterocycles. The number of rotatable bonds is 6. The highest BCUT2D eigenvalue weighted by Crippen LogP contribution is 2.05. The molecule has 0 aromatic carbocycles. The molecule has 0 bridgehead atoms. The molecule has 80 valence electrons. The highest BCUT2D eigenvalue weighted by atomic mass is 16.4. The van der Waals surface area contributed by atoms with Gasteiger partial charge in [-0.25, -0.2) is 9.13 Å². The summed E-state index contributed by atoms with van der Waals surface area (Å²) in [5.74, 6) is -0.397. The summed E-state index contributed by atoms with van der Waals surface area (Å²) >= 11 is 0.